The number of Topliss-reactive ketones (excluding diaryl/α,β-unsaturated/α-hetero) is 1. The summed E-state index contributed by atoms with van der Waals surface area (Å²) < 4.78 is 5.69. The van der Waals surface area contributed by atoms with Crippen molar-refractivity contribution < 1.29 is 9.53 Å². The molecule has 5 unspecified atom stereocenters. The fraction of sp³-hybridized carbons (Fsp3) is 0.909. The van der Waals surface area contributed by atoms with Gasteiger partial charge in [0, 0.05) is 0 Å². The van der Waals surface area contributed by atoms with E-state index in [9.17, 15) is 4.79 Å². The van der Waals surface area contributed by atoms with E-state index in [0.717, 1.165) is 0 Å². The van der Waals surface area contributed by atoms with Gasteiger partial charge in [-0.2, -0.15) is 0 Å². The number of ketones is 1. The molecule has 0 spiro atoms. The van der Waals surface area contributed by atoms with Gasteiger partial charge in [0.1, 0.15) is 6.10 Å². The van der Waals surface area contributed by atoms with E-state index in [1.165, 1.54) is 0 Å². The van der Waals surface area contributed by atoms with Crippen molar-refractivity contribution in [3.05, 3.63) is 0 Å². The van der Waals surface area contributed by atoms with E-state index in [1.807, 2.05) is 0 Å². The van der Waals surface area contributed by atoms with Crippen LogP contribution in [0.4, 0.5) is 0 Å². The highest BCUT2D eigenvalue weighted by Crippen LogP contribution is 2.34. The maximum atomic E-state index is 11.3. The predicted molar refractivity (Wildman–Crippen MR) is 52.5 cm³/mol. The molecule has 2 nitrogen and oxygen atoms in total. The van der Waals surface area contributed by atoms with Gasteiger partial charge >= 0.3 is 0 Å². The first-order valence-corrected chi connectivity index (χ1v) is 5.11. The van der Waals surface area contributed by atoms with Crippen molar-refractivity contribution in [2.45, 2.75) is 46.8 Å². The Balaban J connectivity index is 2.76. The van der Waals surface area contributed by atoms with Crippen molar-refractivity contribution in [1.82, 2.24) is 0 Å². The molecule has 1 saturated heterocycles. The molecule has 1 rings (SSSR count). The molecule has 13 heavy (non-hydrogen) atoms. The average Bonchev–Trinajstić information content (AvgIpc) is 2.07. The molecule has 0 saturated carbocycles. The molecule has 1 aliphatic heterocycles. The Bertz CT molecular complexity index is 200. The van der Waals surface area contributed by atoms with Gasteiger partial charge in [0.25, 0.3) is 0 Å². The molecule has 1 fully saturated rings. The minimum Gasteiger partial charge on any atom is -0.367 e. The van der Waals surface area contributed by atoms with Crippen LogP contribution in [0.5, 0.6) is 0 Å². The molecule has 1 aliphatic rings. The smallest absolute Gasteiger partial charge is 0.158 e. The molecule has 5 atom stereocenters. The van der Waals surface area contributed by atoms with Crippen LogP contribution in [0.2, 0.25) is 0 Å². The van der Waals surface area contributed by atoms with Crippen LogP contribution in [0.3, 0.4) is 0 Å². The van der Waals surface area contributed by atoms with Gasteiger partial charge < -0.3 is 4.74 Å². The van der Waals surface area contributed by atoms with E-state index in [4.69, 9.17) is 4.74 Å². The van der Waals surface area contributed by atoms with Gasteiger partial charge in [-0.3, -0.25) is 4.79 Å². The van der Waals surface area contributed by atoms with Crippen LogP contribution in [-0.4, -0.2) is 18.0 Å². The Hall–Kier alpha value is -0.370. The largest absolute Gasteiger partial charge is 0.367 e. The number of ether oxygens (including phenoxy) is 1. The van der Waals surface area contributed by atoms with Gasteiger partial charge in [0.15, 0.2) is 5.78 Å². The molecule has 0 radical (unpaired) electrons. The zero-order valence-corrected chi connectivity index (χ0v) is 9.20. The molecule has 0 bridgehead atoms. The Morgan fingerprint density at radius 2 is 1.54 bits per heavy atom. The zero-order chi connectivity index (χ0) is 10.2. The molecule has 2 heteroatoms. The summed E-state index contributed by atoms with van der Waals surface area (Å²) >= 11 is 0. The summed E-state index contributed by atoms with van der Waals surface area (Å²) in [6.07, 6.45) is 0.0290. The van der Waals surface area contributed by atoms with Gasteiger partial charge in [-0.1, -0.05) is 20.8 Å². The molecule has 76 valence electrons. The second-order valence-electron chi connectivity index (χ2n) is 4.45. The maximum Gasteiger partial charge on any atom is 0.158 e. The summed E-state index contributed by atoms with van der Waals surface area (Å²) in [5, 5.41) is 0. The Labute approximate surface area is 80.7 Å². The van der Waals surface area contributed by atoms with Crippen molar-refractivity contribution >= 4 is 5.78 Å². The fourth-order valence-corrected chi connectivity index (χ4v) is 2.13. The Morgan fingerprint density at radius 1 is 1.00 bits per heavy atom. The van der Waals surface area contributed by atoms with Crippen molar-refractivity contribution in [3.63, 3.8) is 0 Å². The summed E-state index contributed by atoms with van der Waals surface area (Å²) in [4.78, 5) is 11.3. The number of carbonyl (C=O) groups is 1. The molecule has 0 N–H and O–H groups in total. The zero-order valence-electron chi connectivity index (χ0n) is 9.20. The summed E-state index contributed by atoms with van der Waals surface area (Å²) in [5.41, 5.74) is 0. The van der Waals surface area contributed by atoms with E-state index in [-0.39, 0.29) is 18.0 Å². The third-order valence-corrected chi connectivity index (χ3v) is 3.64. The standard InChI is InChI=1S/C11H20O2/c1-6-7(2)10(5)13-11(8(6)3)9(4)12/h6-8,10-11H,1-5H3. The molecule has 0 aromatic rings. The van der Waals surface area contributed by atoms with Gasteiger partial charge in [-0.05, 0) is 31.6 Å². The lowest BCUT2D eigenvalue weighted by Gasteiger charge is -2.41. The molecular weight excluding hydrogens is 164 g/mol. The molecule has 0 aliphatic carbocycles. The highest BCUT2D eigenvalue weighted by Gasteiger charge is 2.38. The Morgan fingerprint density at radius 3 is 2.00 bits per heavy atom. The second-order valence-corrected chi connectivity index (χ2v) is 4.45. The number of hydrogen-bond acceptors (Lipinski definition) is 2. The van der Waals surface area contributed by atoms with Crippen LogP contribution < -0.4 is 0 Å². The molecule has 0 aromatic heterocycles. The van der Waals surface area contributed by atoms with Gasteiger partial charge in [-0.25, -0.2) is 0 Å². The lowest BCUT2D eigenvalue weighted by atomic mass is 9.76. The number of carbonyl (C=O) groups excluding carboxylic acids is 1. The van der Waals surface area contributed by atoms with Crippen LogP contribution in [0, 0.1) is 17.8 Å². The lowest BCUT2D eigenvalue weighted by Crippen LogP contribution is -2.46. The Kier molecular flexibility index (Phi) is 3.12. The highest BCUT2D eigenvalue weighted by atomic mass is 16.5. The average molecular weight is 184 g/mol. The van der Waals surface area contributed by atoms with E-state index < -0.39 is 0 Å². The molecule has 0 amide bonds. The van der Waals surface area contributed by atoms with E-state index in [0.29, 0.717) is 17.8 Å². The monoisotopic (exact) mass is 184 g/mol. The molecule has 1 heterocycles. The van der Waals surface area contributed by atoms with Crippen molar-refractivity contribution in [2.75, 3.05) is 0 Å². The predicted octanol–water partition coefficient (Wildman–Crippen LogP) is 2.27. The first-order chi connectivity index (χ1) is 5.95. The van der Waals surface area contributed by atoms with Gasteiger partial charge in [0.05, 0.1) is 6.10 Å². The van der Waals surface area contributed by atoms with E-state index >= 15 is 0 Å². The van der Waals surface area contributed by atoms with Crippen molar-refractivity contribution in [2.24, 2.45) is 17.8 Å². The van der Waals surface area contributed by atoms with Crippen molar-refractivity contribution in [3.8, 4) is 0 Å². The molecule has 0 aromatic carbocycles. The second kappa shape index (κ2) is 3.79. The third-order valence-electron chi connectivity index (χ3n) is 3.64. The minimum atomic E-state index is -0.179. The van der Waals surface area contributed by atoms with Gasteiger partial charge in [0.2, 0.25) is 0 Å². The van der Waals surface area contributed by atoms with Crippen LogP contribution in [0.1, 0.15) is 34.6 Å². The van der Waals surface area contributed by atoms with Crippen LogP contribution >= 0.6 is 0 Å². The lowest BCUT2D eigenvalue weighted by molar-refractivity contribution is -0.156. The third kappa shape index (κ3) is 1.93. The quantitative estimate of drug-likeness (QED) is 0.625. The van der Waals surface area contributed by atoms with E-state index in [2.05, 4.69) is 27.7 Å². The van der Waals surface area contributed by atoms with Gasteiger partial charge in [-0.15, -0.1) is 0 Å². The fourth-order valence-electron chi connectivity index (χ4n) is 2.13. The first-order valence-electron chi connectivity index (χ1n) is 5.11. The summed E-state index contributed by atoms with van der Waals surface area (Å²) in [5.74, 6) is 1.63. The number of hydrogen-bond donors (Lipinski definition) is 0. The summed E-state index contributed by atoms with van der Waals surface area (Å²) in [7, 11) is 0. The van der Waals surface area contributed by atoms with Crippen LogP contribution in [0.25, 0.3) is 0 Å². The van der Waals surface area contributed by atoms with E-state index in [1.54, 1.807) is 6.92 Å². The normalized spacial score (nSPS) is 46.1. The highest BCUT2D eigenvalue weighted by molar-refractivity contribution is 5.80. The SMILES string of the molecule is CC(=O)C1OC(C)C(C)C(C)C1C. The number of rotatable bonds is 1. The minimum absolute atomic E-state index is 0.165. The maximum absolute atomic E-state index is 11.3. The topological polar surface area (TPSA) is 26.3 Å². The first kappa shape index (κ1) is 10.7. The summed E-state index contributed by atoms with van der Waals surface area (Å²) in [6, 6.07) is 0. The van der Waals surface area contributed by atoms with Crippen LogP contribution in [-0.2, 0) is 9.53 Å². The molecular formula is C11H20O2. The van der Waals surface area contributed by atoms with Crippen LogP contribution in [0.15, 0.2) is 0 Å². The summed E-state index contributed by atoms with van der Waals surface area (Å²) in [6.45, 7) is 10.2. The van der Waals surface area contributed by atoms with Crippen molar-refractivity contribution in [1.29, 1.82) is 0 Å².